The average molecular weight is 585 g/mol. The first-order chi connectivity index (χ1) is 17.5. The van der Waals surface area contributed by atoms with Crippen molar-refractivity contribution >= 4 is 64.8 Å². The lowest BCUT2D eigenvalue weighted by molar-refractivity contribution is -0.136. The van der Waals surface area contributed by atoms with E-state index in [2.05, 4.69) is 20.2 Å². The molecule has 11 nitrogen and oxygen atoms in total. The summed E-state index contributed by atoms with van der Waals surface area (Å²) in [6.07, 6.45) is 3.21. The number of nitrogens with two attached hydrogens (primary N) is 1. The van der Waals surface area contributed by atoms with Crippen LogP contribution < -0.4 is 16.0 Å². The minimum Gasteiger partial charge on any atom is -0.361 e. The van der Waals surface area contributed by atoms with E-state index < -0.39 is 23.9 Å². The summed E-state index contributed by atoms with van der Waals surface area (Å²) >= 11 is 7.32. The molecule has 2 aromatic rings. The van der Waals surface area contributed by atoms with Crippen LogP contribution >= 0.6 is 35.3 Å². The van der Waals surface area contributed by atoms with Gasteiger partial charge < -0.3 is 20.9 Å². The van der Waals surface area contributed by atoms with Gasteiger partial charge in [-0.05, 0) is 38.4 Å². The molecular weight excluding hydrogens is 553 g/mol. The van der Waals surface area contributed by atoms with Crippen molar-refractivity contribution < 1.29 is 19.2 Å². The maximum Gasteiger partial charge on any atom is 0.317 e. The highest BCUT2D eigenvalue weighted by atomic mass is 35.5. The molecule has 1 fully saturated rings. The molecule has 3 N–H and O–H groups in total. The molecule has 1 saturated carbocycles. The van der Waals surface area contributed by atoms with Gasteiger partial charge in [0, 0.05) is 50.6 Å². The van der Waals surface area contributed by atoms with E-state index in [9.17, 15) is 19.2 Å². The number of thiazole rings is 1. The van der Waals surface area contributed by atoms with Gasteiger partial charge in [0.1, 0.15) is 5.82 Å². The summed E-state index contributed by atoms with van der Waals surface area (Å²) in [5.74, 6) is -2.73. The van der Waals surface area contributed by atoms with Gasteiger partial charge in [-0.15, -0.1) is 23.7 Å². The average Bonchev–Trinajstić information content (AvgIpc) is 3.29. The zero-order valence-electron chi connectivity index (χ0n) is 21.3. The number of aromatic nitrogens is 2. The number of likely N-dealkylation sites (N-methyl/N-ethyl adjacent to an activating group) is 1. The number of halogens is 2. The van der Waals surface area contributed by atoms with Crippen molar-refractivity contribution in [3.05, 3.63) is 38.9 Å². The van der Waals surface area contributed by atoms with E-state index in [1.54, 1.807) is 20.2 Å². The van der Waals surface area contributed by atoms with Gasteiger partial charge in [-0.2, -0.15) is 0 Å². The molecule has 4 rings (SSSR count). The van der Waals surface area contributed by atoms with Gasteiger partial charge in [-0.3, -0.25) is 24.1 Å². The fraction of sp³-hybridized carbons (Fsp3) is 0.500. The molecule has 14 heteroatoms. The third kappa shape index (κ3) is 6.42. The summed E-state index contributed by atoms with van der Waals surface area (Å²) < 4.78 is 0. The molecule has 3 atom stereocenters. The number of nitrogens with one attached hydrogen (secondary N) is 1. The fourth-order valence-corrected chi connectivity index (χ4v) is 6.12. The van der Waals surface area contributed by atoms with Crippen LogP contribution in [0.3, 0.4) is 0 Å². The van der Waals surface area contributed by atoms with Gasteiger partial charge in [-0.1, -0.05) is 11.6 Å². The molecule has 2 aliphatic rings. The summed E-state index contributed by atoms with van der Waals surface area (Å²) in [6.45, 7) is 1.60. The molecule has 4 amide bonds. The number of hydrogen-bond acceptors (Lipinski definition) is 8. The van der Waals surface area contributed by atoms with Crippen molar-refractivity contribution in [2.75, 3.05) is 32.6 Å². The first kappa shape index (κ1) is 29.8. The van der Waals surface area contributed by atoms with E-state index in [-0.39, 0.29) is 42.4 Å². The Hall–Kier alpha value is -2.80. The van der Waals surface area contributed by atoms with Crippen LogP contribution in [-0.4, -0.2) is 83.2 Å². The Balaban J connectivity index is 0.00000400. The Kier molecular flexibility index (Phi) is 9.69. The monoisotopic (exact) mass is 583 g/mol. The number of carbonyl (C=O) groups excluding carboxylic acids is 4. The molecule has 3 heterocycles. The standard InChI is InChI=1S/C24H30ClN7O4S.ClH/c1-30(2)23(35)13-4-6-17(32(24(36)20(26)33)19-7-5-14(25)11-27-19)16(10-13)28-21(34)22-29-15-8-9-31(3)12-18(15)37-22;/h5,7,11,13,16-17H,4,6,8-10,12H2,1-3H3,(H2,26,33)(H,28,34);1H/t13-,16+,17-;/m0./s1. The summed E-state index contributed by atoms with van der Waals surface area (Å²) in [4.78, 5) is 65.9. The van der Waals surface area contributed by atoms with E-state index in [1.807, 2.05) is 7.05 Å². The molecular formula is C24H31Cl2N7O4S. The van der Waals surface area contributed by atoms with Crippen LogP contribution in [0.15, 0.2) is 18.3 Å². The molecule has 206 valence electrons. The summed E-state index contributed by atoms with van der Waals surface area (Å²) in [5, 5.41) is 3.70. The third-order valence-electron chi connectivity index (χ3n) is 6.76. The van der Waals surface area contributed by atoms with Crippen molar-refractivity contribution in [2.45, 2.75) is 44.3 Å². The minimum absolute atomic E-state index is 0. The van der Waals surface area contributed by atoms with Crippen LogP contribution in [0.2, 0.25) is 5.02 Å². The van der Waals surface area contributed by atoms with Crippen LogP contribution in [0.4, 0.5) is 5.82 Å². The summed E-state index contributed by atoms with van der Waals surface area (Å²) in [6, 6.07) is 1.76. The Bertz CT molecular complexity index is 1210. The number of fused-ring (bicyclic) bond motifs is 1. The van der Waals surface area contributed by atoms with Crippen molar-refractivity contribution in [1.29, 1.82) is 0 Å². The van der Waals surface area contributed by atoms with Crippen molar-refractivity contribution in [3.8, 4) is 0 Å². The maximum atomic E-state index is 13.4. The second-order valence-corrected chi connectivity index (χ2v) is 11.2. The number of amides is 4. The van der Waals surface area contributed by atoms with E-state index in [0.717, 1.165) is 30.1 Å². The number of primary amides is 1. The van der Waals surface area contributed by atoms with Gasteiger partial charge in [0.05, 0.1) is 22.8 Å². The highest BCUT2D eigenvalue weighted by Gasteiger charge is 2.42. The predicted octanol–water partition coefficient (Wildman–Crippen LogP) is 1.47. The highest BCUT2D eigenvalue weighted by molar-refractivity contribution is 7.13. The Labute approximate surface area is 236 Å². The molecule has 0 saturated heterocycles. The summed E-state index contributed by atoms with van der Waals surface area (Å²) in [5.41, 5.74) is 6.31. The lowest BCUT2D eigenvalue weighted by Crippen LogP contribution is -2.59. The van der Waals surface area contributed by atoms with Gasteiger partial charge in [0.15, 0.2) is 5.01 Å². The fourth-order valence-electron chi connectivity index (χ4n) is 4.91. The Morgan fingerprint density at radius 2 is 1.95 bits per heavy atom. The molecule has 0 radical (unpaired) electrons. The normalized spacial score (nSPS) is 21.0. The minimum atomic E-state index is -1.15. The zero-order chi connectivity index (χ0) is 26.9. The van der Waals surface area contributed by atoms with Gasteiger partial charge in [0.25, 0.3) is 5.91 Å². The van der Waals surface area contributed by atoms with Crippen molar-refractivity contribution in [1.82, 2.24) is 25.1 Å². The van der Waals surface area contributed by atoms with Crippen LogP contribution in [-0.2, 0) is 27.3 Å². The van der Waals surface area contributed by atoms with E-state index in [1.165, 1.54) is 33.4 Å². The first-order valence-electron chi connectivity index (χ1n) is 12.0. The first-order valence-corrected chi connectivity index (χ1v) is 13.2. The molecule has 0 bridgehead atoms. The van der Waals surface area contributed by atoms with Gasteiger partial charge in [-0.25, -0.2) is 9.97 Å². The van der Waals surface area contributed by atoms with Crippen LogP contribution in [0.5, 0.6) is 0 Å². The SMILES string of the molecule is CN1CCc2nc(C(=O)N[C@@H]3C[C@@H](C(=O)N(C)C)CC[C@@H]3N(C(=O)C(N)=O)c3ccc(Cl)cn3)sc2C1.Cl. The molecule has 38 heavy (non-hydrogen) atoms. The maximum absolute atomic E-state index is 13.4. The number of carbonyl (C=O) groups is 4. The highest BCUT2D eigenvalue weighted by Crippen LogP contribution is 2.33. The largest absolute Gasteiger partial charge is 0.361 e. The number of pyridine rings is 1. The molecule has 0 aromatic carbocycles. The van der Waals surface area contributed by atoms with Gasteiger partial charge in [0.2, 0.25) is 5.91 Å². The third-order valence-corrected chi connectivity index (χ3v) is 8.06. The molecule has 2 aromatic heterocycles. The topological polar surface area (TPSA) is 142 Å². The Morgan fingerprint density at radius 3 is 2.58 bits per heavy atom. The van der Waals surface area contributed by atoms with Crippen molar-refractivity contribution in [3.63, 3.8) is 0 Å². The quantitative estimate of drug-likeness (QED) is 0.507. The van der Waals surface area contributed by atoms with Crippen LogP contribution in [0.1, 0.15) is 39.6 Å². The molecule has 0 unspecified atom stereocenters. The summed E-state index contributed by atoms with van der Waals surface area (Å²) in [7, 11) is 5.38. The molecule has 1 aliphatic carbocycles. The van der Waals surface area contributed by atoms with E-state index >= 15 is 0 Å². The number of hydrogen-bond donors (Lipinski definition) is 2. The van der Waals surface area contributed by atoms with Crippen LogP contribution in [0, 0.1) is 5.92 Å². The number of nitrogens with zero attached hydrogens (tertiary/aromatic N) is 5. The second kappa shape index (κ2) is 12.4. The molecule has 0 spiro atoms. The lowest BCUT2D eigenvalue weighted by atomic mass is 9.80. The predicted molar refractivity (Wildman–Crippen MR) is 146 cm³/mol. The van der Waals surface area contributed by atoms with E-state index in [0.29, 0.717) is 22.9 Å². The molecule has 1 aliphatic heterocycles. The number of anilines is 1. The zero-order valence-corrected chi connectivity index (χ0v) is 23.7. The van der Waals surface area contributed by atoms with E-state index in [4.69, 9.17) is 17.3 Å². The van der Waals surface area contributed by atoms with Gasteiger partial charge >= 0.3 is 11.8 Å². The Morgan fingerprint density at radius 1 is 1.21 bits per heavy atom. The van der Waals surface area contributed by atoms with Crippen LogP contribution in [0.25, 0.3) is 0 Å². The second-order valence-electron chi connectivity index (χ2n) is 9.64. The lowest BCUT2D eigenvalue weighted by Gasteiger charge is -2.41. The van der Waals surface area contributed by atoms with Crippen molar-refractivity contribution in [2.24, 2.45) is 11.7 Å². The smallest absolute Gasteiger partial charge is 0.317 e. The number of rotatable bonds is 5.